The number of aryl methyl sites for hydroxylation is 2. The highest BCUT2D eigenvalue weighted by molar-refractivity contribution is 7.98. The molecule has 0 aromatic heterocycles. The molecule has 0 aliphatic carbocycles. The summed E-state index contributed by atoms with van der Waals surface area (Å²) in [6, 6.07) is 16.7. The molecule has 2 nitrogen and oxygen atoms in total. The molecule has 0 fully saturated rings. The first kappa shape index (κ1) is 15.6. The summed E-state index contributed by atoms with van der Waals surface area (Å²) in [4.78, 5) is 0. The molecule has 0 aliphatic rings. The third kappa shape index (κ3) is 4.64. The number of hydrogen-bond donors (Lipinski definition) is 2. The van der Waals surface area contributed by atoms with Crippen LogP contribution in [0.3, 0.4) is 0 Å². The van der Waals surface area contributed by atoms with Crippen molar-refractivity contribution in [3.8, 4) is 0 Å². The molecule has 0 saturated carbocycles. The molecule has 1 atom stereocenters. The lowest BCUT2D eigenvalue weighted by atomic mass is 10.0. The van der Waals surface area contributed by atoms with Crippen molar-refractivity contribution in [2.45, 2.75) is 25.5 Å². The molecule has 2 aromatic rings. The molecule has 2 aromatic carbocycles. The summed E-state index contributed by atoms with van der Waals surface area (Å²) in [6.45, 7) is 4.26. The summed E-state index contributed by atoms with van der Waals surface area (Å²) in [5, 5.41) is 7.80. The van der Waals surface area contributed by atoms with Gasteiger partial charge in [0.1, 0.15) is 0 Å². The molecule has 21 heavy (non-hydrogen) atoms. The number of rotatable bonds is 6. The van der Waals surface area contributed by atoms with Crippen LogP contribution in [0.15, 0.2) is 48.5 Å². The molecular weight excluding hydrogens is 276 g/mol. The Balaban J connectivity index is 1.98. The summed E-state index contributed by atoms with van der Waals surface area (Å²) in [5.74, 6) is 2.04. The second-order valence-corrected chi connectivity index (χ2v) is 6.46. The van der Waals surface area contributed by atoms with Crippen molar-refractivity contribution >= 4 is 17.6 Å². The van der Waals surface area contributed by atoms with Crippen LogP contribution >= 0.6 is 11.8 Å². The predicted molar refractivity (Wildman–Crippen MR) is 93.2 cm³/mol. The van der Waals surface area contributed by atoms with Crippen molar-refractivity contribution in [3.63, 3.8) is 0 Å². The first-order valence-corrected chi connectivity index (χ1v) is 8.25. The molecule has 3 heteroatoms. The second kappa shape index (κ2) is 7.32. The van der Waals surface area contributed by atoms with Gasteiger partial charge < -0.3 is 5.73 Å². The third-order valence-corrected chi connectivity index (χ3v) is 4.52. The van der Waals surface area contributed by atoms with Gasteiger partial charge in [-0.1, -0.05) is 59.7 Å². The van der Waals surface area contributed by atoms with E-state index in [-0.39, 0.29) is 11.8 Å². The van der Waals surface area contributed by atoms with Crippen LogP contribution in [0, 0.1) is 19.3 Å². The Morgan fingerprint density at radius 1 is 1.10 bits per heavy atom. The van der Waals surface area contributed by atoms with Crippen LogP contribution in [0.2, 0.25) is 0 Å². The lowest BCUT2D eigenvalue weighted by Gasteiger charge is -2.15. The Morgan fingerprint density at radius 3 is 2.29 bits per heavy atom. The maximum Gasteiger partial charge on any atom is 0.0990 e. The monoisotopic (exact) mass is 298 g/mol. The summed E-state index contributed by atoms with van der Waals surface area (Å²) in [6.07, 6.45) is 0. The van der Waals surface area contributed by atoms with Crippen molar-refractivity contribution < 1.29 is 0 Å². The molecule has 3 N–H and O–H groups in total. The van der Waals surface area contributed by atoms with Crippen LogP contribution in [-0.2, 0) is 5.75 Å². The molecule has 0 radical (unpaired) electrons. The van der Waals surface area contributed by atoms with Gasteiger partial charge >= 0.3 is 0 Å². The lowest BCUT2D eigenvalue weighted by Crippen LogP contribution is -2.22. The first-order valence-electron chi connectivity index (χ1n) is 7.10. The van der Waals surface area contributed by atoms with E-state index < -0.39 is 0 Å². The van der Waals surface area contributed by atoms with Crippen molar-refractivity contribution in [1.29, 1.82) is 5.41 Å². The molecule has 2 rings (SSSR count). The van der Waals surface area contributed by atoms with Crippen LogP contribution in [0.1, 0.15) is 28.2 Å². The van der Waals surface area contributed by atoms with Crippen molar-refractivity contribution in [2.24, 2.45) is 5.73 Å². The molecular formula is C18H22N2S. The van der Waals surface area contributed by atoms with Gasteiger partial charge in [-0.15, -0.1) is 0 Å². The van der Waals surface area contributed by atoms with Crippen LogP contribution in [0.4, 0.5) is 0 Å². The number of hydrogen-bond acceptors (Lipinski definition) is 2. The zero-order chi connectivity index (χ0) is 15.2. The van der Waals surface area contributed by atoms with E-state index in [4.69, 9.17) is 11.1 Å². The summed E-state index contributed by atoms with van der Waals surface area (Å²) >= 11 is 1.83. The van der Waals surface area contributed by atoms with Crippen LogP contribution in [0.25, 0.3) is 0 Å². The summed E-state index contributed by atoms with van der Waals surface area (Å²) < 4.78 is 0. The number of thioether (sulfide) groups is 1. The summed E-state index contributed by atoms with van der Waals surface area (Å²) in [7, 11) is 0. The third-order valence-electron chi connectivity index (χ3n) is 3.41. The Hall–Kier alpha value is -1.74. The highest BCUT2D eigenvalue weighted by Gasteiger charge is 2.14. The topological polar surface area (TPSA) is 49.9 Å². The maximum absolute atomic E-state index is 7.80. The average molecular weight is 298 g/mol. The van der Waals surface area contributed by atoms with Gasteiger partial charge in [-0.05, 0) is 25.0 Å². The Labute approximate surface area is 131 Å². The van der Waals surface area contributed by atoms with Gasteiger partial charge in [-0.3, -0.25) is 5.41 Å². The summed E-state index contributed by atoms with van der Waals surface area (Å²) in [5.41, 5.74) is 10.8. The number of nitrogens with two attached hydrogens (primary N) is 1. The van der Waals surface area contributed by atoms with Gasteiger partial charge in [0.2, 0.25) is 0 Å². The molecule has 0 bridgehead atoms. The normalized spacial score (nSPS) is 12.1. The van der Waals surface area contributed by atoms with Gasteiger partial charge in [0.15, 0.2) is 0 Å². The quantitative estimate of drug-likeness (QED) is 0.618. The number of benzene rings is 2. The highest BCUT2D eigenvalue weighted by atomic mass is 32.2. The van der Waals surface area contributed by atoms with Gasteiger partial charge in [-0.2, -0.15) is 11.8 Å². The highest BCUT2D eigenvalue weighted by Crippen LogP contribution is 2.24. The van der Waals surface area contributed by atoms with E-state index in [9.17, 15) is 0 Å². The van der Waals surface area contributed by atoms with Gasteiger partial charge in [0, 0.05) is 17.4 Å². The Morgan fingerprint density at radius 2 is 1.71 bits per heavy atom. The lowest BCUT2D eigenvalue weighted by molar-refractivity contribution is 1.01. The molecule has 0 saturated heterocycles. The van der Waals surface area contributed by atoms with Crippen molar-refractivity contribution in [2.75, 3.05) is 5.75 Å². The van der Waals surface area contributed by atoms with E-state index in [1.165, 1.54) is 16.7 Å². The smallest absolute Gasteiger partial charge is 0.0990 e. The van der Waals surface area contributed by atoms with Gasteiger partial charge in [-0.25, -0.2) is 0 Å². The zero-order valence-electron chi connectivity index (χ0n) is 12.6. The van der Waals surface area contributed by atoms with E-state index in [2.05, 4.69) is 32.0 Å². The van der Waals surface area contributed by atoms with Crippen LogP contribution < -0.4 is 5.73 Å². The van der Waals surface area contributed by atoms with Crippen molar-refractivity contribution in [3.05, 3.63) is 70.8 Å². The maximum atomic E-state index is 7.80. The first-order chi connectivity index (χ1) is 10.1. The fourth-order valence-corrected chi connectivity index (χ4v) is 3.63. The van der Waals surface area contributed by atoms with Crippen LogP contribution in [-0.4, -0.2) is 11.6 Å². The van der Waals surface area contributed by atoms with E-state index in [1.807, 2.05) is 42.1 Å². The largest absolute Gasteiger partial charge is 0.387 e. The fourth-order valence-electron chi connectivity index (χ4n) is 2.50. The molecule has 110 valence electrons. The Kier molecular flexibility index (Phi) is 5.45. The predicted octanol–water partition coefficient (Wildman–Crippen LogP) is 4.26. The van der Waals surface area contributed by atoms with Crippen molar-refractivity contribution in [1.82, 2.24) is 0 Å². The fraction of sp³-hybridized carbons (Fsp3) is 0.278. The molecule has 0 spiro atoms. The molecule has 0 aliphatic heterocycles. The van der Waals surface area contributed by atoms with E-state index in [0.29, 0.717) is 0 Å². The minimum Gasteiger partial charge on any atom is -0.387 e. The minimum absolute atomic E-state index is 0.00195. The van der Waals surface area contributed by atoms with Crippen LogP contribution in [0.5, 0.6) is 0 Å². The zero-order valence-corrected chi connectivity index (χ0v) is 13.4. The molecule has 0 heterocycles. The van der Waals surface area contributed by atoms with Gasteiger partial charge in [0.05, 0.1) is 5.84 Å². The minimum atomic E-state index is 0.00195. The van der Waals surface area contributed by atoms with E-state index in [0.717, 1.165) is 17.1 Å². The standard InChI is InChI=1S/C18H22N2S/c1-13-8-14(2)10-15(9-13)11-21-12-17(18(19)20)16-6-4-3-5-7-16/h3-10,17H,11-12H2,1-2H3,(H3,19,20). The molecule has 1 unspecified atom stereocenters. The van der Waals surface area contributed by atoms with Gasteiger partial charge in [0.25, 0.3) is 0 Å². The number of nitrogens with one attached hydrogen (secondary N) is 1. The van der Waals surface area contributed by atoms with E-state index >= 15 is 0 Å². The number of amidine groups is 1. The van der Waals surface area contributed by atoms with E-state index in [1.54, 1.807) is 0 Å². The Bertz CT molecular complexity index is 588. The second-order valence-electron chi connectivity index (χ2n) is 5.43. The SMILES string of the molecule is Cc1cc(C)cc(CSCC(C(=N)N)c2ccccc2)c1. The molecule has 0 amide bonds. The average Bonchev–Trinajstić information content (AvgIpc) is 2.43.